The first-order valence-electron chi connectivity index (χ1n) is 6.93. The van der Waals surface area contributed by atoms with Crippen molar-refractivity contribution in [3.05, 3.63) is 22.8 Å². The lowest BCUT2D eigenvalue weighted by atomic mass is 9.99. The van der Waals surface area contributed by atoms with Crippen LogP contribution >= 0.6 is 0 Å². The molecular formula is C15H26N2O2S. The summed E-state index contributed by atoms with van der Waals surface area (Å²) < 4.78 is 27.8. The topological polar surface area (TPSA) is 72.2 Å². The number of aryl methyl sites for hydroxylation is 1. The van der Waals surface area contributed by atoms with Crippen molar-refractivity contribution in [1.82, 2.24) is 4.72 Å². The molecule has 1 aromatic carbocycles. The van der Waals surface area contributed by atoms with Crippen LogP contribution in [0.15, 0.2) is 11.0 Å². The minimum absolute atomic E-state index is 0.285. The maximum atomic E-state index is 12.5. The van der Waals surface area contributed by atoms with Gasteiger partial charge in [-0.2, -0.15) is 0 Å². The summed E-state index contributed by atoms with van der Waals surface area (Å²) in [5.74, 6) is 0.718. The van der Waals surface area contributed by atoms with Gasteiger partial charge < -0.3 is 5.73 Å². The van der Waals surface area contributed by atoms with E-state index in [1.165, 1.54) is 0 Å². The van der Waals surface area contributed by atoms with Crippen molar-refractivity contribution in [3.63, 3.8) is 0 Å². The maximum absolute atomic E-state index is 12.5. The molecule has 0 aliphatic carbocycles. The average Bonchev–Trinajstić information content (AvgIpc) is 2.33. The van der Waals surface area contributed by atoms with E-state index in [4.69, 9.17) is 5.73 Å². The summed E-state index contributed by atoms with van der Waals surface area (Å²) in [4.78, 5) is 0.325. The number of nitrogens with two attached hydrogens (primary N) is 1. The second-order valence-corrected chi connectivity index (χ2v) is 7.64. The average molecular weight is 298 g/mol. The molecule has 0 bridgehead atoms. The number of hydrogen-bond donors (Lipinski definition) is 2. The zero-order valence-corrected chi connectivity index (χ0v) is 14.1. The Hall–Kier alpha value is -1.07. The zero-order chi connectivity index (χ0) is 15.7. The summed E-state index contributed by atoms with van der Waals surface area (Å²) in [5.41, 5.74) is 8.70. The molecule has 0 amide bonds. The number of anilines is 1. The van der Waals surface area contributed by atoms with Gasteiger partial charge in [0.05, 0.1) is 4.90 Å². The quantitative estimate of drug-likeness (QED) is 0.821. The first kappa shape index (κ1) is 17.0. The number of benzene rings is 1. The van der Waals surface area contributed by atoms with Crippen LogP contribution in [0.4, 0.5) is 5.69 Å². The van der Waals surface area contributed by atoms with Gasteiger partial charge in [-0.15, -0.1) is 0 Å². The number of hydrogen-bond acceptors (Lipinski definition) is 3. The van der Waals surface area contributed by atoms with Crippen LogP contribution in [-0.4, -0.2) is 15.0 Å². The van der Waals surface area contributed by atoms with E-state index in [0.717, 1.165) is 11.1 Å². The van der Waals surface area contributed by atoms with Crippen molar-refractivity contribution in [2.45, 2.75) is 46.4 Å². The van der Waals surface area contributed by atoms with Gasteiger partial charge in [0.1, 0.15) is 0 Å². The van der Waals surface area contributed by atoms with Crippen molar-refractivity contribution >= 4 is 15.7 Å². The van der Waals surface area contributed by atoms with Gasteiger partial charge in [0.2, 0.25) is 10.0 Å². The van der Waals surface area contributed by atoms with Crippen molar-refractivity contribution in [2.24, 2.45) is 11.8 Å². The van der Waals surface area contributed by atoms with Gasteiger partial charge in [-0.25, -0.2) is 13.1 Å². The Morgan fingerprint density at radius 3 is 2.20 bits per heavy atom. The maximum Gasteiger partial charge on any atom is 0.241 e. The second kappa shape index (κ2) is 6.14. The first-order chi connectivity index (χ1) is 9.08. The van der Waals surface area contributed by atoms with Gasteiger partial charge >= 0.3 is 0 Å². The van der Waals surface area contributed by atoms with Gasteiger partial charge in [0, 0.05) is 12.2 Å². The highest BCUT2D eigenvalue weighted by molar-refractivity contribution is 7.89. The summed E-state index contributed by atoms with van der Waals surface area (Å²) in [6, 6.07) is 1.82. The lowest BCUT2D eigenvalue weighted by molar-refractivity contribution is 0.414. The fraction of sp³-hybridized carbons (Fsp3) is 0.600. The Morgan fingerprint density at radius 2 is 1.70 bits per heavy atom. The first-order valence-corrected chi connectivity index (χ1v) is 8.42. The van der Waals surface area contributed by atoms with Gasteiger partial charge in [0.25, 0.3) is 0 Å². The molecule has 0 saturated heterocycles. The molecule has 5 heteroatoms. The molecule has 4 nitrogen and oxygen atoms in total. The van der Waals surface area contributed by atoms with Crippen LogP contribution < -0.4 is 10.5 Å². The predicted octanol–water partition coefficient (Wildman–Crippen LogP) is 2.76. The standard InChI is InChI=1S/C15H26N2O2S/c1-9(2)11(4)8-17-20(18,19)15-12(5)10(3)7-14(16)13(15)6/h7,9,11,17H,8,16H2,1-6H3. The lowest BCUT2D eigenvalue weighted by Crippen LogP contribution is -2.31. The molecule has 114 valence electrons. The van der Waals surface area contributed by atoms with Crippen molar-refractivity contribution in [3.8, 4) is 0 Å². The van der Waals surface area contributed by atoms with Crippen molar-refractivity contribution in [2.75, 3.05) is 12.3 Å². The monoisotopic (exact) mass is 298 g/mol. The van der Waals surface area contributed by atoms with E-state index in [1.54, 1.807) is 6.92 Å². The van der Waals surface area contributed by atoms with Gasteiger partial charge in [-0.1, -0.05) is 20.8 Å². The molecule has 1 rings (SSSR count). The van der Waals surface area contributed by atoms with Crippen molar-refractivity contribution in [1.29, 1.82) is 0 Å². The molecule has 3 N–H and O–H groups in total. The molecule has 0 aliphatic rings. The Morgan fingerprint density at radius 1 is 1.15 bits per heavy atom. The molecule has 1 atom stereocenters. The Bertz CT molecular complexity index is 566. The van der Waals surface area contributed by atoms with E-state index < -0.39 is 10.0 Å². The van der Waals surface area contributed by atoms with Gasteiger partial charge in [-0.05, 0) is 55.4 Å². The summed E-state index contributed by atoms with van der Waals surface area (Å²) in [6.45, 7) is 12.1. The highest BCUT2D eigenvalue weighted by Crippen LogP contribution is 2.27. The summed E-state index contributed by atoms with van der Waals surface area (Å²) in [7, 11) is -3.53. The minimum atomic E-state index is -3.53. The third-order valence-corrected chi connectivity index (χ3v) is 5.78. The van der Waals surface area contributed by atoms with Crippen LogP contribution in [0.2, 0.25) is 0 Å². The van der Waals surface area contributed by atoms with Crippen LogP contribution in [0, 0.1) is 32.6 Å². The molecule has 0 radical (unpaired) electrons. The number of rotatable bonds is 5. The Kier molecular flexibility index (Phi) is 5.21. The molecule has 0 fully saturated rings. The van der Waals surface area contributed by atoms with E-state index in [9.17, 15) is 8.42 Å². The molecule has 20 heavy (non-hydrogen) atoms. The van der Waals surface area contributed by atoms with E-state index in [1.807, 2.05) is 26.8 Å². The largest absolute Gasteiger partial charge is 0.398 e. The fourth-order valence-electron chi connectivity index (χ4n) is 1.99. The normalized spacial score (nSPS) is 13.8. The molecule has 1 aromatic rings. The number of nitrogen functional groups attached to an aromatic ring is 1. The Labute approximate surface area is 122 Å². The van der Waals surface area contributed by atoms with E-state index >= 15 is 0 Å². The summed E-state index contributed by atoms with van der Waals surface area (Å²) >= 11 is 0. The van der Waals surface area contributed by atoms with E-state index in [0.29, 0.717) is 28.6 Å². The lowest BCUT2D eigenvalue weighted by Gasteiger charge is -2.19. The molecule has 0 aliphatic heterocycles. The predicted molar refractivity (Wildman–Crippen MR) is 84.3 cm³/mol. The Balaban J connectivity index is 3.17. The highest BCUT2D eigenvalue weighted by atomic mass is 32.2. The summed E-state index contributed by atoms with van der Waals surface area (Å²) in [6.07, 6.45) is 0. The molecule has 0 spiro atoms. The molecule has 0 aromatic heterocycles. The SMILES string of the molecule is Cc1cc(N)c(C)c(S(=O)(=O)NCC(C)C(C)C)c1C. The third kappa shape index (κ3) is 3.52. The molecule has 0 heterocycles. The fourth-order valence-corrected chi connectivity index (χ4v) is 3.70. The summed E-state index contributed by atoms with van der Waals surface area (Å²) in [5, 5.41) is 0. The van der Waals surface area contributed by atoms with Gasteiger partial charge in [0.15, 0.2) is 0 Å². The second-order valence-electron chi connectivity index (χ2n) is 5.94. The van der Waals surface area contributed by atoms with E-state index in [-0.39, 0.29) is 5.92 Å². The molecule has 1 unspecified atom stereocenters. The molecular weight excluding hydrogens is 272 g/mol. The van der Waals surface area contributed by atoms with E-state index in [2.05, 4.69) is 18.6 Å². The van der Waals surface area contributed by atoms with Crippen LogP contribution in [0.25, 0.3) is 0 Å². The van der Waals surface area contributed by atoms with Crippen LogP contribution in [0.5, 0.6) is 0 Å². The zero-order valence-electron chi connectivity index (χ0n) is 13.2. The van der Waals surface area contributed by atoms with Crippen LogP contribution in [-0.2, 0) is 10.0 Å². The number of nitrogens with one attached hydrogen (secondary N) is 1. The van der Waals surface area contributed by atoms with Gasteiger partial charge in [-0.3, -0.25) is 0 Å². The minimum Gasteiger partial charge on any atom is -0.398 e. The third-order valence-electron chi connectivity index (χ3n) is 4.08. The van der Waals surface area contributed by atoms with Crippen molar-refractivity contribution < 1.29 is 8.42 Å². The number of sulfonamides is 1. The van der Waals surface area contributed by atoms with Crippen LogP contribution in [0.3, 0.4) is 0 Å². The highest BCUT2D eigenvalue weighted by Gasteiger charge is 2.23. The van der Waals surface area contributed by atoms with Crippen LogP contribution in [0.1, 0.15) is 37.5 Å². The molecule has 0 saturated carbocycles. The smallest absolute Gasteiger partial charge is 0.241 e.